The first-order valence-corrected chi connectivity index (χ1v) is 9.97. The molecule has 29 heavy (non-hydrogen) atoms. The Morgan fingerprint density at radius 1 is 1.17 bits per heavy atom. The standard InChI is InChI=1S/C23H30N2O3.ClH/c1-16(25-23(26)19-9-6-10-20(24)13-19)18-11-12-21(22(14-18)27-2)28-15-17-7-4-3-5-8-17;/h3-5,7-8,11-12,14,16,19-20H,6,9-10,13,15,24H2,1-2H3,(H,25,26);1H. The van der Waals surface area contributed by atoms with Crippen molar-refractivity contribution in [2.24, 2.45) is 11.7 Å². The average Bonchev–Trinajstić information content (AvgIpc) is 2.72. The van der Waals surface area contributed by atoms with Gasteiger partial charge in [-0.05, 0) is 49.4 Å². The normalized spacial score (nSPS) is 19.6. The molecule has 0 heterocycles. The topological polar surface area (TPSA) is 73.6 Å². The summed E-state index contributed by atoms with van der Waals surface area (Å²) in [6, 6.07) is 15.8. The number of ether oxygens (including phenoxy) is 2. The maximum Gasteiger partial charge on any atom is 0.223 e. The zero-order valence-corrected chi connectivity index (χ0v) is 17.9. The van der Waals surface area contributed by atoms with Crippen LogP contribution >= 0.6 is 12.4 Å². The summed E-state index contributed by atoms with van der Waals surface area (Å²) in [5.41, 5.74) is 8.10. The van der Waals surface area contributed by atoms with Crippen LogP contribution in [0.3, 0.4) is 0 Å². The van der Waals surface area contributed by atoms with Crippen LogP contribution in [0.1, 0.15) is 49.8 Å². The van der Waals surface area contributed by atoms with E-state index in [1.807, 2.05) is 55.5 Å². The molecule has 158 valence electrons. The summed E-state index contributed by atoms with van der Waals surface area (Å²) in [4.78, 5) is 12.6. The van der Waals surface area contributed by atoms with Crippen molar-refractivity contribution in [1.82, 2.24) is 5.32 Å². The average molecular weight is 419 g/mol. The van der Waals surface area contributed by atoms with E-state index in [1.165, 1.54) is 0 Å². The van der Waals surface area contributed by atoms with Crippen molar-refractivity contribution < 1.29 is 14.3 Å². The number of amides is 1. The maximum atomic E-state index is 12.6. The van der Waals surface area contributed by atoms with E-state index < -0.39 is 0 Å². The fraction of sp³-hybridized carbons (Fsp3) is 0.435. The second-order valence-electron chi connectivity index (χ2n) is 7.54. The van der Waals surface area contributed by atoms with E-state index in [4.69, 9.17) is 15.2 Å². The summed E-state index contributed by atoms with van der Waals surface area (Å²) in [6.45, 7) is 2.46. The maximum absolute atomic E-state index is 12.6. The number of benzene rings is 2. The summed E-state index contributed by atoms with van der Waals surface area (Å²) in [5, 5.41) is 3.12. The number of rotatable bonds is 7. The van der Waals surface area contributed by atoms with Gasteiger partial charge < -0.3 is 20.5 Å². The minimum atomic E-state index is -0.109. The number of hydrogen-bond acceptors (Lipinski definition) is 4. The van der Waals surface area contributed by atoms with Crippen LogP contribution in [0.5, 0.6) is 11.5 Å². The first-order valence-electron chi connectivity index (χ1n) is 9.97. The number of nitrogens with one attached hydrogen (secondary N) is 1. The lowest BCUT2D eigenvalue weighted by Crippen LogP contribution is -2.38. The third kappa shape index (κ3) is 6.38. The van der Waals surface area contributed by atoms with Crippen molar-refractivity contribution in [1.29, 1.82) is 0 Å². The number of methoxy groups -OCH3 is 1. The molecule has 0 bridgehead atoms. The lowest BCUT2D eigenvalue weighted by Gasteiger charge is -2.27. The Morgan fingerprint density at radius 3 is 2.62 bits per heavy atom. The van der Waals surface area contributed by atoms with Gasteiger partial charge in [-0.15, -0.1) is 12.4 Å². The molecule has 3 unspecified atom stereocenters. The molecule has 1 fully saturated rings. The number of nitrogens with two attached hydrogens (primary N) is 1. The molecule has 1 amide bonds. The minimum Gasteiger partial charge on any atom is -0.493 e. The van der Waals surface area contributed by atoms with E-state index in [2.05, 4.69) is 5.32 Å². The molecule has 0 radical (unpaired) electrons. The molecule has 6 heteroatoms. The highest BCUT2D eigenvalue weighted by molar-refractivity contribution is 5.85. The molecule has 3 atom stereocenters. The van der Waals surface area contributed by atoms with E-state index in [0.29, 0.717) is 18.1 Å². The monoisotopic (exact) mass is 418 g/mol. The lowest BCUT2D eigenvalue weighted by atomic mass is 9.85. The van der Waals surface area contributed by atoms with Gasteiger partial charge in [-0.2, -0.15) is 0 Å². The van der Waals surface area contributed by atoms with Gasteiger partial charge in [0.2, 0.25) is 5.91 Å². The smallest absolute Gasteiger partial charge is 0.223 e. The summed E-state index contributed by atoms with van der Waals surface area (Å²) >= 11 is 0. The fourth-order valence-electron chi connectivity index (χ4n) is 3.69. The van der Waals surface area contributed by atoms with Crippen LogP contribution in [0, 0.1) is 5.92 Å². The van der Waals surface area contributed by atoms with Crippen LogP contribution in [0.25, 0.3) is 0 Å². The highest BCUT2D eigenvalue weighted by Crippen LogP contribution is 2.31. The zero-order chi connectivity index (χ0) is 19.9. The quantitative estimate of drug-likeness (QED) is 0.699. The third-order valence-electron chi connectivity index (χ3n) is 5.37. The molecular weight excluding hydrogens is 388 g/mol. The van der Waals surface area contributed by atoms with E-state index in [1.54, 1.807) is 7.11 Å². The first kappa shape index (κ1) is 23.0. The van der Waals surface area contributed by atoms with Gasteiger partial charge in [-0.25, -0.2) is 0 Å². The molecule has 0 saturated heterocycles. The Kier molecular flexibility index (Phi) is 8.80. The van der Waals surface area contributed by atoms with Crippen molar-refractivity contribution in [2.75, 3.05) is 7.11 Å². The molecule has 3 rings (SSSR count). The number of carbonyl (C=O) groups is 1. The van der Waals surface area contributed by atoms with E-state index in [9.17, 15) is 4.79 Å². The molecule has 1 aliphatic carbocycles. The highest BCUT2D eigenvalue weighted by Gasteiger charge is 2.26. The minimum absolute atomic E-state index is 0. The first-order chi connectivity index (χ1) is 13.6. The Bertz CT molecular complexity index is 785. The Labute approximate surface area is 179 Å². The Morgan fingerprint density at radius 2 is 1.93 bits per heavy atom. The van der Waals surface area contributed by atoms with Crippen LogP contribution in [0.2, 0.25) is 0 Å². The Balaban J connectivity index is 0.00000300. The van der Waals surface area contributed by atoms with Crippen LogP contribution in [-0.4, -0.2) is 19.1 Å². The second-order valence-corrected chi connectivity index (χ2v) is 7.54. The lowest BCUT2D eigenvalue weighted by molar-refractivity contribution is -0.126. The van der Waals surface area contributed by atoms with Gasteiger partial charge in [0, 0.05) is 12.0 Å². The van der Waals surface area contributed by atoms with Gasteiger partial charge in [0.05, 0.1) is 13.2 Å². The number of halogens is 1. The Hall–Kier alpha value is -2.24. The van der Waals surface area contributed by atoms with Gasteiger partial charge in [0.25, 0.3) is 0 Å². The largest absolute Gasteiger partial charge is 0.493 e. The van der Waals surface area contributed by atoms with E-state index in [-0.39, 0.29) is 36.3 Å². The van der Waals surface area contributed by atoms with Gasteiger partial charge in [0.1, 0.15) is 6.61 Å². The molecule has 0 spiro atoms. The van der Waals surface area contributed by atoms with E-state index in [0.717, 1.165) is 36.8 Å². The zero-order valence-electron chi connectivity index (χ0n) is 17.1. The van der Waals surface area contributed by atoms with Gasteiger partial charge in [-0.1, -0.05) is 42.8 Å². The molecule has 2 aromatic carbocycles. The molecule has 0 aliphatic heterocycles. The number of hydrogen-bond donors (Lipinski definition) is 2. The molecule has 3 N–H and O–H groups in total. The molecule has 0 aromatic heterocycles. The fourth-order valence-corrected chi connectivity index (χ4v) is 3.69. The molecule has 1 saturated carbocycles. The van der Waals surface area contributed by atoms with Gasteiger partial charge >= 0.3 is 0 Å². The van der Waals surface area contributed by atoms with Crippen LogP contribution in [-0.2, 0) is 11.4 Å². The van der Waals surface area contributed by atoms with Crippen molar-refractivity contribution in [2.45, 2.75) is 51.3 Å². The van der Waals surface area contributed by atoms with Gasteiger partial charge in [0.15, 0.2) is 11.5 Å². The summed E-state index contributed by atoms with van der Waals surface area (Å²) < 4.78 is 11.4. The molecule has 5 nitrogen and oxygen atoms in total. The second kappa shape index (κ2) is 11.1. The van der Waals surface area contributed by atoms with E-state index >= 15 is 0 Å². The number of carbonyl (C=O) groups excluding carboxylic acids is 1. The molecule has 1 aliphatic rings. The molecular formula is C23H31ClN2O3. The van der Waals surface area contributed by atoms with Crippen LogP contribution in [0.4, 0.5) is 0 Å². The summed E-state index contributed by atoms with van der Waals surface area (Å²) in [7, 11) is 1.63. The van der Waals surface area contributed by atoms with Gasteiger partial charge in [-0.3, -0.25) is 4.79 Å². The van der Waals surface area contributed by atoms with Crippen molar-refractivity contribution in [3.63, 3.8) is 0 Å². The predicted octanol–water partition coefficient (Wildman–Crippen LogP) is 4.39. The van der Waals surface area contributed by atoms with Crippen LogP contribution in [0.15, 0.2) is 48.5 Å². The summed E-state index contributed by atoms with van der Waals surface area (Å²) in [5.74, 6) is 1.45. The van der Waals surface area contributed by atoms with Crippen molar-refractivity contribution in [3.8, 4) is 11.5 Å². The summed E-state index contributed by atoms with van der Waals surface area (Å²) in [6.07, 6.45) is 3.73. The molecule has 2 aromatic rings. The van der Waals surface area contributed by atoms with Crippen molar-refractivity contribution >= 4 is 18.3 Å². The predicted molar refractivity (Wildman–Crippen MR) is 118 cm³/mol. The SMILES string of the molecule is COc1cc(C(C)NC(=O)C2CCCC(N)C2)ccc1OCc1ccccc1.Cl. The highest BCUT2D eigenvalue weighted by atomic mass is 35.5. The van der Waals surface area contributed by atoms with Crippen molar-refractivity contribution in [3.05, 3.63) is 59.7 Å². The third-order valence-corrected chi connectivity index (χ3v) is 5.37. The van der Waals surface area contributed by atoms with Crippen LogP contribution < -0.4 is 20.5 Å².